The molecule has 6 heteroatoms. The molecule has 1 N–H and O–H groups in total. The van der Waals surface area contributed by atoms with Crippen molar-refractivity contribution in [1.29, 1.82) is 0 Å². The van der Waals surface area contributed by atoms with E-state index in [1.807, 2.05) is 10.9 Å². The van der Waals surface area contributed by atoms with Crippen LogP contribution in [0.4, 0.5) is 0 Å². The Kier molecular flexibility index (Phi) is 4.76. The number of carboxylic acid groups (broad SMARTS) is 1. The highest BCUT2D eigenvalue weighted by Gasteiger charge is 2.29. The van der Waals surface area contributed by atoms with E-state index in [9.17, 15) is 9.59 Å². The standard InChI is InChI=1S/C14H20N2O4/c1-2-20-14(19)12(13(17)18)9-10-7-8-16(15-10)11-5-3-4-6-11/h7-8,11-12H,2-6,9H2,1H3,(H,17,18). The lowest BCUT2D eigenvalue weighted by molar-refractivity contribution is -0.158. The molecule has 0 saturated heterocycles. The van der Waals surface area contributed by atoms with E-state index in [2.05, 4.69) is 5.10 Å². The predicted molar refractivity (Wildman–Crippen MR) is 71.2 cm³/mol. The van der Waals surface area contributed by atoms with Gasteiger partial charge in [-0.05, 0) is 25.8 Å². The molecular weight excluding hydrogens is 260 g/mol. The van der Waals surface area contributed by atoms with Crippen molar-refractivity contribution in [3.05, 3.63) is 18.0 Å². The number of ether oxygens (including phenoxy) is 1. The second-order valence-corrected chi connectivity index (χ2v) is 5.07. The number of carboxylic acids is 1. The second kappa shape index (κ2) is 6.54. The van der Waals surface area contributed by atoms with Crippen LogP contribution in [0.15, 0.2) is 12.3 Å². The lowest BCUT2D eigenvalue weighted by Gasteiger charge is -2.11. The van der Waals surface area contributed by atoms with Gasteiger partial charge in [0.2, 0.25) is 0 Å². The first-order valence-electron chi connectivity index (χ1n) is 7.05. The van der Waals surface area contributed by atoms with E-state index in [1.54, 1.807) is 13.0 Å². The van der Waals surface area contributed by atoms with Gasteiger partial charge in [0.1, 0.15) is 0 Å². The Hall–Kier alpha value is -1.85. The van der Waals surface area contributed by atoms with E-state index in [0.29, 0.717) is 11.7 Å². The lowest BCUT2D eigenvalue weighted by Crippen LogP contribution is -2.28. The first-order chi connectivity index (χ1) is 9.61. The van der Waals surface area contributed by atoms with Crippen LogP contribution in [0, 0.1) is 5.92 Å². The molecule has 110 valence electrons. The van der Waals surface area contributed by atoms with Gasteiger partial charge in [-0.25, -0.2) is 0 Å². The quantitative estimate of drug-likeness (QED) is 0.634. The highest BCUT2D eigenvalue weighted by Crippen LogP contribution is 2.28. The number of hydrogen-bond acceptors (Lipinski definition) is 4. The molecule has 1 aliphatic rings. The third kappa shape index (κ3) is 3.37. The Bertz CT molecular complexity index is 477. The number of aliphatic carboxylic acids is 1. The summed E-state index contributed by atoms with van der Waals surface area (Å²) < 4.78 is 6.69. The zero-order valence-electron chi connectivity index (χ0n) is 11.6. The fraction of sp³-hybridized carbons (Fsp3) is 0.643. The van der Waals surface area contributed by atoms with Gasteiger partial charge in [0.15, 0.2) is 5.92 Å². The van der Waals surface area contributed by atoms with E-state index < -0.39 is 17.9 Å². The maximum absolute atomic E-state index is 11.6. The summed E-state index contributed by atoms with van der Waals surface area (Å²) in [6.07, 6.45) is 6.59. The zero-order valence-corrected chi connectivity index (χ0v) is 11.6. The number of nitrogens with zero attached hydrogens (tertiary/aromatic N) is 2. The van der Waals surface area contributed by atoms with Crippen LogP contribution >= 0.6 is 0 Å². The summed E-state index contributed by atoms with van der Waals surface area (Å²) in [6.45, 7) is 1.84. The van der Waals surface area contributed by atoms with Crippen LogP contribution < -0.4 is 0 Å². The van der Waals surface area contributed by atoms with Gasteiger partial charge in [-0.15, -0.1) is 0 Å². The SMILES string of the molecule is CCOC(=O)C(Cc1ccn(C2CCCC2)n1)C(=O)O. The molecule has 0 aromatic carbocycles. The van der Waals surface area contributed by atoms with Crippen molar-refractivity contribution >= 4 is 11.9 Å². The minimum absolute atomic E-state index is 0.0773. The van der Waals surface area contributed by atoms with E-state index in [1.165, 1.54) is 12.8 Å². The molecule has 20 heavy (non-hydrogen) atoms. The normalized spacial score (nSPS) is 17.1. The van der Waals surface area contributed by atoms with Gasteiger partial charge in [-0.1, -0.05) is 12.8 Å². The van der Waals surface area contributed by atoms with Crippen molar-refractivity contribution < 1.29 is 19.4 Å². The van der Waals surface area contributed by atoms with E-state index >= 15 is 0 Å². The summed E-state index contributed by atoms with van der Waals surface area (Å²) in [5.41, 5.74) is 0.623. The molecule has 0 bridgehead atoms. The Labute approximate surface area is 117 Å². The van der Waals surface area contributed by atoms with E-state index in [-0.39, 0.29) is 13.0 Å². The molecule has 1 aromatic rings. The smallest absolute Gasteiger partial charge is 0.320 e. The van der Waals surface area contributed by atoms with Crippen molar-refractivity contribution in [2.75, 3.05) is 6.61 Å². The molecule has 1 unspecified atom stereocenters. The number of carbonyl (C=O) groups excluding carboxylic acids is 1. The summed E-state index contributed by atoms with van der Waals surface area (Å²) in [4.78, 5) is 22.8. The second-order valence-electron chi connectivity index (χ2n) is 5.07. The van der Waals surface area contributed by atoms with Crippen LogP contribution in [0.25, 0.3) is 0 Å². The van der Waals surface area contributed by atoms with Crippen LogP contribution in [0.5, 0.6) is 0 Å². The molecule has 1 aliphatic carbocycles. The van der Waals surface area contributed by atoms with Gasteiger partial charge >= 0.3 is 11.9 Å². The minimum atomic E-state index is -1.18. The van der Waals surface area contributed by atoms with Gasteiger partial charge < -0.3 is 9.84 Å². The number of aromatic nitrogens is 2. The highest BCUT2D eigenvalue weighted by molar-refractivity contribution is 5.94. The van der Waals surface area contributed by atoms with Crippen molar-refractivity contribution in [2.45, 2.75) is 45.1 Å². The molecule has 1 fully saturated rings. The maximum atomic E-state index is 11.6. The Morgan fingerprint density at radius 3 is 2.80 bits per heavy atom. The van der Waals surface area contributed by atoms with Crippen LogP contribution in [-0.2, 0) is 20.7 Å². The summed E-state index contributed by atoms with van der Waals surface area (Å²) >= 11 is 0. The number of esters is 1. The Morgan fingerprint density at radius 1 is 1.50 bits per heavy atom. The molecular formula is C14H20N2O4. The van der Waals surface area contributed by atoms with Crippen LogP contribution in [0.3, 0.4) is 0 Å². The molecule has 1 aromatic heterocycles. The fourth-order valence-corrected chi connectivity index (χ4v) is 2.58. The molecule has 2 rings (SSSR count). The maximum Gasteiger partial charge on any atom is 0.320 e. The van der Waals surface area contributed by atoms with E-state index in [0.717, 1.165) is 12.8 Å². The molecule has 0 amide bonds. The van der Waals surface area contributed by atoms with Gasteiger partial charge in [0, 0.05) is 12.6 Å². The summed E-state index contributed by atoms with van der Waals surface area (Å²) in [5.74, 6) is -3.05. The predicted octanol–water partition coefficient (Wildman–Crippen LogP) is 1.80. The molecule has 1 heterocycles. The molecule has 1 saturated carbocycles. The van der Waals surface area contributed by atoms with Crippen LogP contribution in [0.2, 0.25) is 0 Å². The molecule has 0 radical (unpaired) electrons. The molecule has 1 atom stereocenters. The molecule has 0 spiro atoms. The summed E-state index contributed by atoms with van der Waals surface area (Å²) in [7, 11) is 0. The molecule has 6 nitrogen and oxygen atoms in total. The van der Waals surface area contributed by atoms with Crippen molar-refractivity contribution in [1.82, 2.24) is 9.78 Å². The average Bonchev–Trinajstić information content (AvgIpc) is 3.06. The largest absolute Gasteiger partial charge is 0.481 e. The van der Waals surface area contributed by atoms with Gasteiger partial charge in [-0.3, -0.25) is 14.3 Å². The zero-order chi connectivity index (χ0) is 14.5. The monoisotopic (exact) mass is 280 g/mol. The van der Waals surface area contributed by atoms with Crippen molar-refractivity contribution in [3.63, 3.8) is 0 Å². The van der Waals surface area contributed by atoms with Gasteiger partial charge in [-0.2, -0.15) is 5.10 Å². The highest BCUT2D eigenvalue weighted by atomic mass is 16.5. The Balaban J connectivity index is 2.03. The topological polar surface area (TPSA) is 81.4 Å². The third-order valence-corrected chi connectivity index (χ3v) is 3.64. The Morgan fingerprint density at radius 2 is 2.20 bits per heavy atom. The van der Waals surface area contributed by atoms with Gasteiger partial charge in [0.25, 0.3) is 0 Å². The average molecular weight is 280 g/mol. The first kappa shape index (κ1) is 14.6. The summed E-state index contributed by atoms with van der Waals surface area (Å²) in [6, 6.07) is 2.20. The number of hydrogen-bond donors (Lipinski definition) is 1. The fourth-order valence-electron chi connectivity index (χ4n) is 2.58. The lowest BCUT2D eigenvalue weighted by atomic mass is 10.0. The van der Waals surface area contributed by atoms with Crippen LogP contribution in [-0.4, -0.2) is 33.4 Å². The summed E-state index contributed by atoms with van der Waals surface area (Å²) in [5, 5.41) is 13.5. The van der Waals surface area contributed by atoms with Crippen molar-refractivity contribution in [3.8, 4) is 0 Å². The van der Waals surface area contributed by atoms with E-state index in [4.69, 9.17) is 9.84 Å². The molecule has 0 aliphatic heterocycles. The first-order valence-corrected chi connectivity index (χ1v) is 7.05. The van der Waals surface area contributed by atoms with Crippen LogP contribution in [0.1, 0.15) is 44.3 Å². The number of rotatable bonds is 6. The van der Waals surface area contributed by atoms with Crippen molar-refractivity contribution in [2.24, 2.45) is 5.92 Å². The number of carbonyl (C=O) groups is 2. The minimum Gasteiger partial charge on any atom is -0.481 e. The third-order valence-electron chi connectivity index (χ3n) is 3.64. The van der Waals surface area contributed by atoms with Gasteiger partial charge in [0.05, 0.1) is 18.3 Å².